The number of aromatic nitrogens is 1. The van der Waals surface area contributed by atoms with E-state index in [9.17, 15) is 14.4 Å². The molecule has 2 aromatic carbocycles. The number of carbonyl (C=O) groups is 3. The van der Waals surface area contributed by atoms with Gasteiger partial charge in [0.1, 0.15) is 5.54 Å². The van der Waals surface area contributed by atoms with E-state index in [1.165, 1.54) is 0 Å². The maximum Gasteiger partial charge on any atom is 0.322 e. The molecule has 2 fully saturated rings. The lowest BCUT2D eigenvalue weighted by Crippen LogP contribution is -2.55. The lowest BCUT2D eigenvalue weighted by Gasteiger charge is -2.37. The Morgan fingerprint density at radius 2 is 1.75 bits per heavy atom. The van der Waals surface area contributed by atoms with Gasteiger partial charge in [0.2, 0.25) is 0 Å². The summed E-state index contributed by atoms with van der Waals surface area (Å²) in [5.41, 5.74) is 4.81. The van der Waals surface area contributed by atoms with Crippen molar-refractivity contribution in [2.75, 3.05) is 13.1 Å². The van der Waals surface area contributed by atoms with Crippen molar-refractivity contribution in [1.29, 1.82) is 0 Å². The Balaban J connectivity index is 1.42. The third kappa shape index (κ3) is 3.75. The molecule has 182 valence electrons. The number of benzene rings is 2. The van der Waals surface area contributed by atoms with Crippen molar-refractivity contribution in [1.82, 2.24) is 20.5 Å². The highest BCUT2D eigenvalue weighted by Crippen LogP contribution is 2.39. The number of amides is 4. The Bertz CT molecular complexity index is 1420. The van der Waals surface area contributed by atoms with Crippen molar-refractivity contribution in [2.45, 2.75) is 38.1 Å². The number of fused-ring (bicyclic) bond motifs is 2. The molecule has 1 spiro atoms. The summed E-state index contributed by atoms with van der Waals surface area (Å²) in [7, 11) is 0. The molecule has 4 amide bonds. The van der Waals surface area contributed by atoms with Gasteiger partial charge >= 0.3 is 6.03 Å². The number of nitrogens with one attached hydrogen (secondary N) is 2. The molecule has 1 atom stereocenters. The van der Waals surface area contributed by atoms with Crippen molar-refractivity contribution in [3.05, 3.63) is 77.0 Å². The number of likely N-dealkylation sites (tertiary alicyclic amines) is 1. The van der Waals surface area contributed by atoms with E-state index >= 15 is 0 Å². The first-order valence-corrected chi connectivity index (χ1v) is 12.5. The van der Waals surface area contributed by atoms with Crippen LogP contribution in [0.1, 0.15) is 53.4 Å². The Hall–Kier alpha value is -4.00. The molecule has 36 heavy (non-hydrogen) atoms. The summed E-state index contributed by atoms with van der Waals surface area (Å²) in [6.45, 7) is 3.03. The Morgan fingerprint density at radius 1 is 1.03 bits per heavy atom. The van der Waals surface area contributed by atoms with Gasteiger partial charge < -0.3 is 10.2 Å². The Kier molecular flexibility index (Phi) is 5.36. The quantitative estimate of drug-likeness (QED) is 0.539. The normalized spacial score (nSPS) is 22.0. The van der Waals surface area contributed by atoms with Crippen LogP contribution in [0.3, 0.4) is 0 Å². The van der Waals surface area contributed by atoms with E-state index < -0.39 is 11.6 Å². The van der Waals surface area contributed by atoms with Gasteiger partial charge in [-0.25, -0.2) is 9.78 Å². The van der Waals surface area contributed by atoms with Crippen LogP contribution in [-0.4, -0.2) is 46.4 Å². The topological polar surface area (TPSA) is 91.4 Å². The van der Waals surface area contributed by atoms with E-state index in [4.69, 9.17) is 4.98 Å². The van der Waals surface area contributed by atoms with E-state index in [2.05, 4.69) is 35.8 Å². The molecule has 7 nitrogen and oxygen atoms in total. The molecule has 2 saturated heterocycles. The van der Waals surface area contributed by atoms with E-state index in [1.54, 1.807) is 0 Å². The van der Waals surface area contributed by atoms with Gasteiger partial charge in [-0.05, 0) is 60.4 Å². The van der Waals surface area contributed by atoms with Crippen LogP contribution < -0.4 is 10.6 Å². The molecular weight excluding hydrogens is 452 g/mol. The number of nitrogens with zero attached hydrogens (tertiary/aromatic N) is 2. The zero-order valence-electron chi connectivity index (χ0n) is 20.2. The zero-order chi connectivity index (χ0) is 24.9. The van der Waals surface area contributed by atoms with Crippen molar-refractivity contribution in [3.8, 4) is 0 Å². The summed E-state index contributed by atoms with van der Waals surface area (Å²) >= 11 is 0. The van der Waals surface area contributed by atoms with Crippen LogP contribution in [0.2, 0.25) is 0 Å². The number of piperidine rings is 1. The number of rotatable bonds is 2. The minimum absolute atomic E-state index is 0.0300. The molecule has 2 aliphatic heterocycles. The van der Waals surface area contributed by atoms with Crippen LogP contribution in [0.15, 0.2) is 54.6 Å². The summed E-state index contributed by atoms with van der Waals surface area (Å²) in [6.07, 6.45) is 4.68. The SMILES string of the molecule is CC1C/C(=C/c2ccccc2)c2nc3ccccc3c(C(=O)N3CCC4(CC3)NC(=O)NC4=O)c2C1. The molecule has 3 aliphatic rings. The van der Waals surface area contributed by atoms with E-state index in [1.807, 2.05) is 47.4 Å². The minimum atomic E-state index is -0.909. The number of urea groups is 1. The number of carbonyl (C=O) groups excluding carboxylic acids is 3. The van der Waals surface area contributed by atoms with Crippen LogP contribution in [-0.2, 0) is 11.2 Å². The Labute approximate surface area is 209 Å². The third-order valence-electron chi connectivity index (χ3n) is 7.69. The second-order valence-corrected chi connectivity index (χ2v) is 10.2. The molecule has 0 bridgehead atoms. The molecule has 0 saturated carbocycles. The fraction of sp³-hybridized carbons (Fsp3) is 0.310. The summed E-state index contributed by atoms with van der Waals surface area (Å²) < 4.78 is 0. The van der Waals surface area contributed by atoms with Crippen LogP contribution in [0.5, 0.6) is 0 Å². The third-order valence-corrected chi connectivity index (χ3v) is 7.69. The number of allylic oxidation sites excluding steroid dienone is 1. The van der Waals surface area contributed by atoms with Crippen molar-refractivity contribution in [2.24, 2.45) is 5.92 Å². The van der Waals surface area contributed by atoms with Gasteiger partial charge in [0.25, 0.3) is 11.8 Å². The minimum Gasteiger partial charge on any atom is -0.338 e. The average Bonchev–Trinajstić information content (AvgIpc) is 3.15. The largest absolute Gasteiger partial charge is 0.338 e. The highest BCUT2D eigenvalue weighted by molar-refractivity contribution is 6.10. The van der Waals surface area contributed by atoms with Crippen molar-refractivity contribution < 1.29 is 14.4 Å². The van der Waals surface area contributed by atoms with Gasteiger partial charge in [0.05, 0.1) is 16.8 Å². The molecule has 6 rings (SSSR count). The molecule has 0 radical (unpaired) electrons. The zero-order valence-corrected chi connectivity index (χ0v) is 20.2. The van der Waals surface area contributed by atoms with Gasteiger partial charge in [-0.1, -0.05) is 55.5 Å². The van der Waals surface area contributed by atoms with Crippen molar-refractivity contribution in [3.63, 3.8) is 0 Å². The monoisotopic (exact) mass is 480 g/mol. The maximum absolute atomic E-state index is 14.1. The summed E-state index contributed by atoms with van der Waals surface area (Å²) in [5.74, 6) is 0.0532. The van der Waals surface area contributed by atoms with Crippen LogP contribution in [0.4, 0.5) is 4.79 Å². The fourth-order valence-electron chi connectivity index (χ4n) is 5.86. The van der Waals surface area contributed by atoms with Gasteiger partial charge in [-0.3, -0.25) is 14.9 Å². The van der Waals surface area contributed by atoms with E-state index in [-0.39, 0.29) is 11.8 Å². The predicted molar refractivity (Wildman–Crippen MR) is 138 cm³/mol. The lowest BCUT2D eigenvalue weighted by atomic mass is 9.80. The number of hydrogen-bond acceptors (Lipinski definition) is 4. The molecule has 7 heteroatoms. The second kappa shape index (κ2) is 8.59. The number of pyridine rings is 1. The average molecular weight is 481 g/mol. The molecule has 1 aromatic heterocycles. The van der Waals surface area contributed by atoms with Crippen LogP contribution in [0, 0.1) is 5.92 Å². The molecule has 1 aliphatic carbocycles. The Morgan fingerprint density at radius 3 is 2.47 bits per heavy atom. The highest BCUT2D eigenvalue weighted by Gasteiger charge is 2.48. The van der Waals surface area contributed by atoms with Gasteiger partial charge in [0.15, 0.2) is 0 Å². The van der Waals surface area contributed by atoms with Gasteiger partial charge in [-0.15, -0.1) is 0 Å². The smallest absolute Gasteiger partial charge is 0.322 e. The summed E-state index contributed by atoms with van der Waals surface area (Å²) in [4.78, 5) is 45.1. The summed E-state index contributed by atoms with van der Waals surface area (Å²) in [6, 6.07) is 17.6. The fourth-order valence-corrected chi connectivity index (χ4v) is 5.86. The standard InChI is InChI=1S/C29H28N4O3/c1-18-15-20(17-19-7-3-2-4-8-19)25-22(16-18)24(21-9-5-6-10-23(21)30-25)26(34)33-13-11-29(12-14-33)27(35)31-28(36)32-29/h2-10,17-18H,11-16H2,1H3,(H2,31,32,35,36)/b20-17-. The second-order valence-electron chi connectivity index (χ2n) is 10.2. The van der Waals surface area contributed by atoms with Crippen LogP contribution >= 0.6 is 0 Å². The maximum atomic E-state index is 14.1. The van der Waals surface area contributed by atoms with Crippen molar-refractivity contribution >= 4 is 40.4 Å². The first-order valence-electron chi connectivity index (χ1n) is 12.5. The molecule has 3 aromatic rings. The molecule has 3 heterocycles. The van der Waals surface area contributed by atoms with Gasteiger partial charge in [-0.2, -0.15) is 0 Å². The first-order chi connectivity index (χ1) is 17.4. The number of imide groups is 1. The van der Waals surface area contributed by atoms with E-state index in [0.29, 0.717) is 31.8 Å². The number of para-hydroxylation sites is 1. The highest BCUT2D eigenvalue weighted by atomic mass is 16.2. The van der Waals surface area contributed by atoms with E-state index in [0.717, 1.165) is 51.7 Å². The lowest BCUT2D eigenvalue weighted by molar-refractivity contribution is -0.125. The summed E-state index contributed by atoms with van der Waals surface area (Å²) in [5, 5.41) is 5.98. The molecule has 2 N–H and O–H groups in total. The molecular formula is C29H28N4O3. The number of hydrogen-bond donors (Lipinski definition) is 2. The van der Waals surface area contributed by atoms with Gasteiger partial charge in [0, 0.05) is 18.5 Å². The predicted octanol–water partition coefficient (Wildman–Crippen LogP) is 4.17. The molecule has 1 unspecified atom stereocenters. The van der Waals surface area contributed by atoms with Crippen LogP contribution in [0.25, 0.3) is 22.6 Å². The first kappa shape index (κ1) is 22.5.